The fourth-order valence-electron chi connectivity index (χ4n) is 1.80. The van der Waals surface area contributed by atoms with Gasteiger partial charge in [0.15, 0.2) is 0 Å². The van der Waals surface area contributed by atoms with Crippen molar-refractivity contribution in [3.63, 3.8) is 0 Å². The van der Waals surface area contributed by atoms with Crippen molar-refractivity contribution < 1.29 is 14.7 Å². The first-order valence-corrected chi connectivity index (χ1v) is 7.20. The largest absolute Gasteiger partial charge is 0.480 e. The van der Waals surface area contributed by atoms with Gasteiger partial charge in [0.25, 0.3) is 0 Å². The first-order chi connectivity index (χ1) is 9.37. The van der Waals surface area contributed by atoms with Crippen LogP contribution < -0.4 is 10.6 Å². The normalized spacial score (nSPS) is 13.3. The predicted octanol–water partition coefficient (Wildman–Crippen LogP) is 2.89. The lowest BCUT2D eigenvalue weighted by molar-refractivity contribution is -0.144. The Morgan fingerprint density at radius 1 is 1.30 bits per heavy atom. The minimum atomic E-state index is -1.24. The molecule has 1 aromatic carbocycles. The molecule has 0 radical (unpaired) electrons. The minimum absolute atomic E-state index is 0.348. The maximum atomic E-state index is 11.8. The number of carbonyl (C=O) groups is 2. The average Bonchev–Trinajstić information content (AvgIpc) is 2.38. The van der Waals surface area contributed by atoms with Crippen LogP contribution >= 0.6 is 15.9 Å². The number of carboxylic acid groups (broad SMARTS) is 1. The number of hydrogen-bond donors (Lipinski definition) is 3. The zero-order valence-electron chi connectivity index (χ0n) is 11.6. The third-order valence-electron chi connectivity index (χ3n) is 2.98. The van der Waals surface area contributed by atoms with E-state index in [1.165, 1.54) is 6.92 Å². The zero-order valence-corrected chi connectivity index (χ0v) is 13.2. The lowest BCUT2D eigenvalue weighted by atomic mass is 9.97. The summed E-state index contributed by atoms with van der Waals surface area (Å²) in [5.74, 6) is -1.03. The topological polar surface area (TPSA) is 78.4 Å². The average molecular weight is 343 g/mol. The van der Waals surface area contributed by atoms with Crippen LogP contribution in [0.25, 0.3) is 0 Å². The molecule has 0 spiro atoms. The second-order valence-electron chi connectivity index (χ2n) is 4.82. The van der Waals surface area contributed by atoms with Crippen LogP contribution in [0, 0.1) is 0 Å². The molecule has 0 aliphatic rings. The number of amides is 2. The van der Waals surface area contributed by atoms with Gasteiger partial charge in [0.1, 0.15) is 5.54 Å². The van der Waals surface area contributed by atoms with Crippen LogP contribution in [-0.4, -0.2) is 22.6 Å². The van der Waals surface area contributed by atoms with E-state index < -0.39 is 17.5 Å². The van der Waals surface area contributed by atoms with Crippen molar-refractivity contribution in [3.8, 4) is 0 Å². The highest BCUT2D eigenvalue weighted by molar-refractivity contribution is 9.10. The molecule has 0 aliphatic heterocycles. The van der Waals surface area contributed by atoms with E-state index in [1.807, 2.05) is 31.2 Å². The molecular formula is C14H19BrN2O3. The SMILES string of the molecule is CCCC(C)(NC(=O)NCc1ccc(Br)cc1)C(=O)O. The van der Waals surface area contributed by atoms with Gasteiger partial charge in [0.2, 0.25) is 0 Å². The number of urea groups is 1. The molecule has 1 unspecified atom stereocenters. The Hall–Kier alpha value is -1.56. The first kappa shape index (κ1) is 16.5. The number of carbonyl (C=O) groups excluding carboxylic acids is 1. The number of rotatable bonds is 6. The van der Waals surface area contributed by atoms with Crippen molar-refractivity contribution in [2.45, 2.75) is 38.8 Å². The Bertz CT molecular complexity index is 476. The Morgan fingerprint density at radius 2 is 1.90 bits per heavy atom. The third-order valence-corrected chi connectivity index (χ3v) is 3.51. The monoisotopic (exact) mass is 342 g/mol. The molecule has 20 heavy (non-hydrogen) atoms. The van der Waals surface area contributed by atoms with Crippen molar-refractivity contribution in [2.75, 3.05) is 0 Å². The van der Waals surface area contributed by atoms with Crippen LogP contribution in [0.3, 0.4) is 0 Å². The molecule has 1 aromatic rings. The fraction of sp³-hybridized carbons (Fsp3) is 0.429. The van der Waals surface area contributed by atoms with Gasteiger partial charge in [-0.2, -0.15) is 0 Å². The van der Waals surface area contributed by atoms with Gasteiger partial charge < -0.3 is 15.7 Å². The first-order valence-electron chi connectivity index (χ1n) is 6.41. The summed E-state index contributed by atoms with van der Waals surface area (Å²) in [5.41, 5.74) is -0.297. The van der Waals surface area contributed by atoms with E-state index in [0.29, 0.717) is 19.4 Å². The highest BCUT2D eigenvalue weighted by Crippen LogP contribution is 2.13. The lowest BCUT2D eigenvalue weighted by Gasteiger charge is -2.25. The van der Waals surface area contributed by atoms with E-state index >= 15 is 0 Å². The van der Waals surface area contributed by atoms with Crippen LogP contribution in [0.1, 0.15) is 32.3 Å². The van der Waals surface area contributed by atoms with Crippen LogP contribution in [0.4, 0.5) is 4.79 Å². The summed E-state index contributed by atoms with van der Waals surface area (Å²) >= 11 is 3.33. The highest BCUT2D eigenvalue weighted by Gasteiger charge is 2.33. The summed E-state index contributed by atoms with van der Waals surface area (Å²) in [6, 6.07) is 7.05. The van der Waals surface area contributed by atoms with Gasteiger partial charge in [-0.25, -0.2) is 9.59 Å². The molecule has 1 atom stereocenters. The van der Waals surface area contributed by atoms with E-state index in [4.69, 9.17) is 0 Å². The minimum Gasteiger partial charge on any atom is -0.480 e. The molecule has 0 saturated carbocycles. The Balaban J connectivity index is 2.54. The number of halogens is 1. The second-order valence-corrected chi connectivity index (χ2v) is 5.74. The number of carboxylic acids is 1. The van der Waals surface area contributed by atoms with Gasteiger partial charge in [-0.1, -0.05) is 41.4 Å². The fourth-order valence-corrected chi connectivity index (χ4v) is 2.07. The molecule has 0 aromatic heterocycles. The summed E-state index contributed by atoms with van der Waals surface area (Å²) in [6.45, 7) is 3.74. The van der Waals surface area contributed by atoms with Gasteiger partial charge in [0, 0.05) is 11.0 Å². The predicted molar refractivity (Wildman–Crippen MR) is 80.5 cm³/mol. The summed E-state index contributed by atoms with van der Waals surface area (Å²) in [5, 5.41) is 14.4. The van der Waals surface area contributed by atoms with E-state index in [-0.39, 0.29) is 0 Å². The standard InChI is InChI=1S/C14H19BrN2O3/c1-3-8-14(2,12(18)19)17-13(20)16-9-10-4-6-11(15)7-5-10/h4-7H,3,8-9H2,1-2H3,(H,18,19)(H2,16,17,20). The molecule has 5 nitrogen and oxygen atoms in total. The van der Waals surface area contributed by atoms with E-state index in [0.717, 1.165) is 10.0 Å². The summed E-state index contributed by atoms with van der Waals surface area (Å²) in [6.07, 6.45) is 1.06. The van der Waals surface area contributed by atoms with Crippen molar-refractivity contribution in [2.24, 2.45) is 0 Å². The second kappa shape index (κ2) is 7.28. The quantitative estimate of drug-likeness (QED) is 0.743. The molecule has 2 amide bonds. The molecule has 0 bridgehead atoms. The number of hydrogen-bond acceptors (Lipinski definition) is 2. The third kappa shape index (κ3) is 4.85. The van der Waals surface area contributed by atoms with Gasteiger partial charge in [-0.3, -0.25) is 0 Å². The van der Waals surface area contributed by atoms with Gasteiger partial charge in [0.05, 0.1) is 0 Å². The number of benzene rings is 1. The summed E-state index contributed by atoms with van der Waals surface area (Å²) < 4.78 is 0.965. The van der Waals surface area contributed by atoms with Crippen LogP contribution in [-0.2, 0) is 11.3 Å². The zero-order chi connectivity index (χ0) is 15.2. The molecule has 110 valence electrons. The van der Waals surface area contributed by atoms with Crippen molar-refractivity contribution >= 4 is 27.9 Å². The Labute approximate surface area is 126 Å². The lowest BCUT2D eigenvalue weighted by Crippen LogP contribution is -2.55. The van der Waals surface area contributed by atoms with Gasteiger partial charge >= 0.3 is 12.0 Å². The molecule has 0 heterocycles. The van der Waals surface area contributed by atoms with Crippen LogP contribution in [0.5, 0.6) is 0 Å². The molecule has 3 N–H and O–H groups in total. The maximum absolute atomic E-state index is 11.8. The van der Waals surface area contributed by atoms with E-state index in [2.05, 4.69) is 26.6 Å². The van der Waals surface area contributed by atoms with Gasteiger partial charge in [-0.15, -0.1) is 0 Å². The number of aliphatic carboxylic acids is 1. The van der Waals surface area contributed by atoms with E-state index in [1.54, 1.807) is 0 Å². The van der Waals surface area contributed by atoms with Crippen molar-refractivity contribution in [3.05, 3.63) is 34.3 Å². The molecule has 6 heteroatoms. The van der Waals surface area contributed by atoms with Crippen LogP contribution in [0.15, 0.2) is 28.7 Å². The van der Waals surface area contributed by atoms with Gasteiger partial charge in [-0.05, 0) is 31.0 Å². The van der Waals surface area contributed by atoms with E-state index in [9.17, 15) is 14.7 Å². The van der Waals surface area contributed by atoms with Crippen LogP contribution in [0.2, 0.25) is 0 Å². The Morgan fingerprint density at radius 3 is 2.40 bits per heavy atom. The molecule has 0 saturated heterocycles. The molecule has 0 aliphatic carbocycles. The molecule has 0 fully saturated rings. The smallest absolute Gasteiger partial charge is 0.329 e. The summed E-state index contributed by atoms with van der Waals surface area (Å²) in [4.78, 5) is 23.0. The molecule has 1 rings (SSSR count). The summed E-state index contributed by atoms with van der Waals surface area (Å²) in [7, 11) is 0. The highest BCUT2D eigenvalue weighted by atomic mass is 79.9. The molecular weight excluding hydrogens is 324 g/mol. The maximum Gasteiger partial charge on any atom is 0.329 e. The number of nitrogens with one attached hydrogen (secondary N) is 2. The Kier molecular flexibility index (Phi) is 6.01. The van der Waals surface area contributed by atoms with Crippen molar-refractivity contribution in [1.82, 2.24) is 10.6 Å². The van der Waals surface area contributed by atoms with Crippen molar-refractivity contribution in [1.29, 1.82) is 0 Å².